The minimum absolute atomic E-state index is 0.00306. The number of Topliss-reactive ketones (excluding diaryl/α,β-unsaturated/α-hetero) is 1. The van der Waals surface area contributed by atoms with Crippen LogP contribution in [0.4, 0.5) is 0 Å². The summed E-state index contributed by atoms with van der Waals surface area (Å²) >= 11 is 0. The van der Waals surface area contributed by atoms with Crippen LogP contribution in [0.1, 0.15) is 28.4 Å². The van der Waals surface area contributed by atoms with E-state index in [9.17, 15) is 35.1 Å². The highest BCUT2D eigenvalue weighted by Gasteiger charge is 2.31. The Bertz CT molecular complexity index is 1850. The van der Waals surface area contributed by atoms with Gasteiger partial charge < -0.3 is 39.4 Å². The molecule has 0 amide bonds. The van der Waals surface area contributed by atoms with Gasteiger partial charge in [0.15, 0.2) is 11.5 Å². The molecule has 0 aliphatic carbocycles. The third kappa shape index (κ3) is 4.27. The Hall–Kier alpha value is -5.64. The summed E-state index contributed by atoms with van der Waals surface area (Å²) in [5, 5.41) is 49.6. The van der Waals surface area contributed by atoms with Crippen LogP contribution in [0, 0.1) is 0 Å². The summed E-state index contributed by atoms with van der Waals surface area (Å²) in [5.41, 5.74) is 0.251. The fraction of sp³-hybridized carbons (Fsp3) is 0.0667. The largest absolute Gasteiger partial charge is 0.508 e. The van der Waals surface area contributed by atoms with E-state index in [1.165, 1.54) is 36.4 Å². The second-order valence-electron chi connectivity index (χ2n) is 9.22. The molecule has 0 fully saturated rings. The first-order valence-electron chi connectivity index (χ1n) is 12.0. The fourth-order valence-corrected chi connectivity index (χ4v) is 4.64. The van der Waals surface area contributed by atoms with E-state index in [-0.39, 0.29) is 74.7 Å². The first-order valence-corrected chi connectivity index (χ1v) is 12.0. The van der Waals surface area contributed by atoms with Gasteiger partial charge in [-0.15, -0.1) is 0 Å². The highest BCUT2D eigenvalue weighted by atomic mass is 16.5. The summed E-state index contributed by atoms with van der Waals surface area (Å²) in [5.74, 6) is -1.68. The zero-order valence-electron chi connectivity index (χ0n) is 20.5. The molecule has 1 aliphatic heterocycles. The average molecular weight is 540 g/mol. The van der Waals surface area contributed by atoms with Gasteiger partial charge in [0.25, 0.3) is 0 Å². The monoisotopic (exact) mass is 540 g/mol. The molecule has 1 atom stereocenters. The third-order valence-corrected chi connectivity index (χ3v) is 6.50. The average Bonchev–Trinajstić information content (AvgIpc) is 2.90. The number of fused-ring (bicyclic) bond motifs is 2. The second-order valence-corrected chi connectivity index (χ2v) is 9.22. The molecule has 1 aromatic heterocycles. The molecule has 5 N–H and O–H groups in total. The molecule has 0 bridgehead atoms. The maximum atomic E-state index is 13.5. The number of rotatable bonds is 4. The van der Waals surface area contributed by atoms with Crippen LogP contribution in [0.2, 0.25) is 0 Å². The molecule has 40 heavy (non-hydrogen) atoms. The SMILES string of the molecule is O=C1CC(c2ccc(Oc3c(-c4ccc(O)cc4)oc4cc(O)cc(O)c4c3=O)cc2)Oc2cc(O)cc(O)c21. The number of phenolic OH excluding ortho intramolecular Hbond substituents is 5. The molecule has 10 heteroatoms. The van der Waals surface area contributed by atoms with Crippen molar-refractivity contribution in [2.45, 2.75) is 12.5 Å². The summed E-state index contributed by atoms with van der Waals surface area (Å²) in [6.07, 6.45) is -0.741. The van der Waals surface area contributed by atoms with E-state index >= 15 is 0 Å². The lowest BCUT2D eigenvalue weighted by Gasteiger charge is -2.26. The van der Waals surface area contributed by atoms with Crippen LogP contribution in [-0.2, 0) is 0 Å². The van der Waals surface area contributed by atoms with Crippen LogP contribution in [0.3, 0.4) is 0 Å². The standard InChI is InChI=1S/C30H20O10/c31-16-5-1-15(2-6-16)29-30(28(37)27-21(35)10-18(33)12-25(27)40-29)38-19-7-3-14(4-8-19)23-13-22(36)26-20(34)9-17(32)11-24(26)39-23/h1-12,23,31-35H,13H2. The molecular formula is C30H20O10. The van der Waals surface area contributed by atoms with Gasteiger partial charge in [-0.3, -0.25) is 9.59 Å². The van der Waals surface area contributed by atoms with Crippen molar-refractivity contribution in [2.75, 3.05) is 0 Å². The van der Waals surface area contributed by atoms with Gasteiger partial charge in [-0.25, -0.2) is 0 Å². The summed E-state index contributed by atoms with van der Waals surface area (Å²) in [4.78, 5) is 26.1. The molecule has 1 unspecified atom stereocenters. The van der Waals surface area contributed by atoms with E-state index in [1.807, 2.05) is 0 Å². The molecule has 0 radical (unpaired) electrons. The summed E-state index contributed by atoms with van der Waals surface area (Å²) in [6, 6.07) is 16.8. The van der Waals surface area contributed by atoms with Crippen LogP contribution >= 0.6 is 0 Å². The number of ether oxygens (including phenoxy) is 2. The topological polar surface area (TPSA) is 167 Å². The lowest BCUT2D eigenvalue weighted by atomic mass is 9.95. The first-order chi connectivity index (χ1) is 19.2. The Balaban J connectivity index is 1.37. The molecule has 0 saturated carbocycles. The van der Waals surface area contributed by atoms with Crippen molar-refractivity contribution in [3.05, 3.63) is 94.1 Å². The van der Waals surface area contributed by atoms with Crippen LogP contribution in [0.25, 0.3) is 22.3 Å². The van der Waals surface area contributed by atoms with E-state index in [2.05, 4.69) is 0 Å². The van der Waals surface area contributed by atoms with Crippen LogP contribution < -0.4 is 14.9 Å². The molecule has 5 aromatic rings. The Labute approximate surface area is 225 Å². The normalized spacial score (nSPS) is 14.5. The predicted molar refractivity (Wildman–Crippen MR) is 142 cm³/mol. The zero-order valence-corrected chi connectivity index (χ0v) is 20.5. The number of ketones is 1. The van der Waals surface area contributed by atoms with Crippen LogP contribution in [0.5, 0.6) is 46.0 Å². The summed E-state index contributed by atoms with van der Waals surface area (Å²) in [6.45, 7) is 0. The van der Waals surface area contributed by atoms with Crippen molar-refractivity contribution in [2.24, 2.45) is 0 Å². The number of carbonyl (C=O) groups is 1. The van der Waals surface area contributed by atoms with Gasteiger partial charge in [0.2, 0.25) is 11.2 Å². The zero-order chi connectivity index (χ0) is 28.1. The molecule has 0 saturated heterocycles. The molecule has 6 rings (SSSR count). The number of phenols is 5. The molecule has 4 aromatic carbocycles. The lowest BCUT2D eigenvalue weighted by molar-refractivity contribution is 0.0845. The quantitative estimate of drug-likeness (QED) is 0.197. The molecule has 1 aliphatic rings. The molecule has 10 nitrogen and oxygen atoms in total. The van der Waals surface area contributed by atoms with Gasteiger partial charge in [0.1, 0.15) is 62.9 Å². The first kappa shape index (κ1) is 24.7. The Morgan fingerprint density at radius 3 is 2.15 bits per heavy atom. The summed E-state index contributed by atoms with van der Waals surface area (Å²) in [7, 11) is 0. The molecular weight excluding hydrogens is 520 g/mol. The van der Waals surface area contributed by atoms with Crippen molar-refractivity contribution in [1.82, 2.24) is 0 Å². The highest BCUT2D eigenvalue weighted by molar-refractivity contribution is 6.02. The van der Waals surface area contributed by atoms with Crippen molar-refractivity contribution >= 4 is 16.8 Å². The summed E-state index contributed by atoms with van der Waals surface area (Å²) < 4.78 is 17.7. The lowest BCUT2D eigenvalue weighted by Crippen LogP contribution is -2.20. The van der Waals surface area contributed by atoms with E-state index in [0.29, 0.717) is 11.1 Å². The van der Waals surface area contributed by atoms with Crippen LogP contribution in [-0.4, -0.2) is 31.3 Å². The molecule has 2 heterocycles. The van der Waals surface area contributed by atoms with Gasteiger partial charge in [-0.2, -0.15) is 0 Å². The highest BCUT2D eigenvalue weighted by Crippen LogP contribution is 2.42. The molecule has 200 valence electrons. The smallest absolute Gasteiger partial charge is 0.239 e. The van der Waals surface area contributed by atoms with Gasteiger partial charge in [0.05, 0.1) is 6.42 Å². The van der Waals surface area contributed by atoms with E-state index in [1.54, 1.807) is 24.3 Å². The Morgan fingerprint density at radius 1 is 0.750 bits per heavy atom. The minimum Gasteiger partial charge on any atom is -0.508 e. The molecule has 0 spiro atoms. The van der Waals surface area contributed by atoms with E-state index < -0.39 is 17.3 Å². The maximum Gasteiger partial charge on any atom is 0.239 e. The minimum atomic E-state index is -0.696. The Morgan fingerprint density at radius 2 is 1.43 bits per heavy atom. The van der Waals surface area contributed by atoms with Crippen molar-refractivity contribution in [3.8, 4) is 57.3 Å². The van der Waals surface area contributed by atoms with Crippen molar-refractivity contribution < 1.29 is 44.2 Å². The van der Waals surface area contributed by atoms with Crippen molar-refractivity contribution in [3.63, 3.8) is 0 Å². The second kappa shape index (κ2) is 9.28. The number of hydrogen-bond acceptors (Lipinski definition) is 10. The van der Waals surface area contributed by atoms with Crippen LogP contribution in [0.15, 0.2) is 82.0 Å². The fourth-order valence-electron chi connectivity index (χ4n) is 4.64. The number of hydrogen-bond donors (Lipinski definition) is 5. The Kier molecular flexibility index (Phi) is 5.73. The van der Waals surface area contributed by atoms with Gasteiger partial charge in [-0.1, -0.05) is 12.1 Å². The maximum absolute atomic E-state index is 13.5. The van der Waals surface area contributed by atoms with Gasteiger partial charge in [0, 0.05) is 29.8 Å². The van der Waals surface area contributed by atoms with E-state index in [0.717, 1.165) is 12.1 Å². The van der Waals surface area contributed by atoms with Gasteiger partial charge >= 0.3 is 0 Å². The number of aromatic hydroxyl groups is 5. The number of carbonyl (C=O) groups excluding carboxylic acids is 1. The van der Waals surface area contributed by atoms with E-state index in [4.69, 9.17) is 13.9 Å². The van der Waals surface area contributed by atoms with Crippen molar-refractivity contribution in [1.29, 1.82) is 0 Å². The van der Waals surface area contributed by atoms with Gasteiger partial charge in [-0.05, 0) is 42.0 Å². The number of benzene rings is 4. The predicted octanol–water partition coefficient (Wildman–Crippen LogP) is 5.49. The third-order valence-electron chi connectivity index (χ3n) is 6.50.